The van der Waals surface area contributed by atoms with Crippen molar-refractivity contribution < 1.29 is 9.90 Å². The highest BCUT2D eigenvalue weighted by Gasteiger charge is 2.23. The quantitative estimate of drug-likeness (QED) is 0.475. The van der Waals surface area contributed by atoms with Gasteiger partial charge in [-0.2, -0.15) is 0 Å². The number of amides is 1. The number of hydrogen-bond donors (Lipinski definition) is 2. The molecule has 0 unspecified atom stereocenters. The second kappa shape index (κ2) is 8.99. The van der Waals surface area contributed by atoms with E-state index in [1.165, 1.54) is 10.9 Å². The molecule has 168 valence electrons. The predicted octanol–water partition coefficient (Wildman–Crippen LogP) is 3.06. The molecule has 1 aliphatic rings. The molecule has 8 heteroatoms. The topological polar surface area (TPSA) is 110 Å². The number of piperidine rings is 1. The van der Waals surface area contributed by atoms with Crippen LogP contribution in [0.15, 0.2) is 61.2 Å². The Morgan fingerprint density at radius 2 is 1.82 bits per heavy atom. The maximum Gasteiger partial charge on any atom is 0.252 e. The molecule has 1 aliphatic heterocycles. The van der Waals surface area contributed by atoms with Gasteiger partial charge in [-0.15, -0.1) is 0 Å². The summed E-state index contributed by atoms with van der Waals surface area (Å²) in [4.78, 5) is 27.1. The molecular formula is C25H26N6O2. The van der Waals surface area contributed by atoms with Crippen molar-refractivity contribution in [2.45, 2.75) is 31.8 Å². The second-order valence-electron chi connectivity index (χ2n) is 8.51. The molecule has 0 bridgehead atoms. The van der Waals surface area contributed by atoms with E-state index in [0.717, 1.165) is 49.5 Å². The molecule has 4 heterocycles. The van der Waals surface area contributed by atoms with Crippen molar-refractivity contribution in [1.82, 2.24) is 24.4 Å². The lowest BCUT2D eigenvalue weighted by Gasteiger charge is -2.31. The third kappa shape index (κ3) is 4.42. The summed E-state index contributed by atoms with van der Waals surface area (Å²) in [5.41, 5.74) is 8.54. The minimum Gasteiger partial charge on any atom is -0.507 e. The Kier molecular flexibility index (Phi) is 5.75. The van der Waals surface area contributed by atoms with E-state index in [-0.39, 0.29) is 11.3 Å². The number of phenols is 1. The molecule has 33 heavy (non-hydrogen) atoms. The minimum absolute atomic E-state index is 0.0993. The van der Waals surface area contributed by atoms with Gasteiger partial charge in [0.05, 0.1) is 12.1 Å². The summed E-state index contributed by atoms with van der Waals surface area (Å²) in [6, 6.07) is 11.1. The third-order valence-electron chi connectivity index (χ3n) is 6.39. The molecule has 3 N–H and O–H groups in total. The van der Waals surface area contributed by atoms with E-state index in [1.807, 2.05) is 24.5 Å². The molecule has 0 saturated carbocycles. The number of fused-ring (bicyclic) bond motifs is 1. The monoisotopic (exact) mass is 442 g/mol. The van der Waals surface area contributed by atoms with E-state index in [9.17, 15) is 9.90 Å². The van der Waals surface area contributed by atoms with E-state index < -0.39 is 5.91 Å². The molecule has 4 aromatic rings. The van der Waals surface area contributed by atoms with Gasteiger partial charge in [-0.25, -0.2) is 15.0 Å². The summed E-state index contributed by atoms with van der Waals surface area (Å²) in [6.07, 6.45) is 9.66. The van der Waals surface area contributed by atoms with Gasteiger partial charge in [0.15, 0.2) is 0 Å². The van der Waals surface area contributed by atoms with Gasteiger partial charge in [0.25, 0.3) is 5.91 Å². The molecule has 8 nitrogen and oxygen atoms in total. The van der Waals surface area contributed by atoms with Gasteiger partial charge in [0, 0.05) is 36.7 Å². The smallest absolute Gasteiger partial charge is 0.252 e. The molecule has 0 aliphatic carbocycles. The zero-order chi connectivity index (χ0) is 22.8. The molecule has 1 saturated heterocycles. The van der Waals surface area contributed by atoms with Crippen LogP contribution in [0.25, 0.3) is 11.0 Å². The Labute approximate surface area is 191 Å². The maximum atomic E-state index is 11.4. The number of pyridine rings is 1. The van der Waals surface area contributed by atoms with Gasteiger partial charge in [0.2, 0.25) is 0 Å². The van der Waals surface area contributed by atoms with Gasteiger partial charge in [-0.05, 0) is 73.3 Å². The van der Waals surface area contributed by atoms with Crippen molar-refractivity contribution >= 4 is 16.9 Å². The van der Waals surface area contributed by atoms with Crippen LogP contribution in [-0.4, -0.2) is 48.5 Å². The summed E-state index contributed by atoms with van der Waals surface area (Å²) >= 11 is 0. The average Bonchev–Trinajstić information content (AvgIpc) is 3.23. The van der Waals surface area contributed by atoms with Crippen LogP contribution in [0.3, 0.4) is 0 Å². The van der Waals surface area contributed by atoms with E-state index in [1.54, 1.807) is 24.5 Å². The highest BCUT2D eigenvalue weighted by Crippen LogP contribution is 2.33. The van der Waals surface area contributed by atoms with Gasteiger partial charge >= 0.3 is 0 Å². The number of aromatic nitrogens is 4. The highest BCUT2D eigenvalue weighted by molar-refractivity contribution is 5.95. The molecule has 1 aromatic carbocycles. The van der Waals surface area contributed by atoms with Crippen LogP contribution in [0.1, 0.15) is 46.1 Å². The summed E-state index contributed by atoms with van der Waals surface area (Å²) in [7, 11) is 0. The number of primary amides is 1. The zero-order valence-electron chi connectivity index (χ0n) is 18.3. The lowest BCUT2D eigenvalue weighted by atomic mass is 9.88. The molecule has 3 aromatic heterocycles. The number of carbonyl (C=O) groups is 1. The number of rotatable bonds is 6. The molecular weight excluding hydrogens is 416 g/mol. The molecule has 0 spiro atoms. The average molecular weight is 443 g/mol. The molecule has 5 rings (SSSR count). The van der Waals surface area contributed by atoms with Crippen LogP contribution in [0.4, 0.5) is 0 Å². The Morgan fingerprint density at radius 3 is 2.55 bits per heavy atom. The lowest BCUT2D eigenvalue weighted by molar-refractivity contribution is 0.0997. The van der Waals surface area contributed by atoms with E-state index in [0.29, 0.717) is 12.5 Å². The Bertz CT molecular complexity index is 1280. The fourth-order valence-electron chi connectivity index (χ4n) is 4.69. The van der Waals surface area contributed by atoms with Crippen molar-refractivity contribution in [2.75, 3.05) is 13.1 Å². The van der Waals surface area contributed by atoms with E-state index in [4.69, 9.17) is 5.73 Å². The summed E-state index contributed by atoms with van der Waals surface area (Å²) in [5, 5.41) is 11.3. The number of nitrogens with two attached hydrogens (primary N) is 1. The number of likely N-dealkylation sites (tertiary alicyclic amines) is 1. The lowest BCUT2D eigenvalue weighted by Crippen LogP contribution is -2.33. The number of hydrogen-bond acceptors (Lipinski definition) is 6. The number of nitrogens with zero attached hydrogens (tertiary/aromatic N) is 5. The standard InChI is InChI=1S/C25H26N6O2/c26-24(33)21-3-2-17(14-22(21)32)15-31-13-7-20-19(4-10-29-25(20)31)18-5-11-30(12-6-18)16-23-27-8-1-9-28-23/h1-4,7-10,13-14,18,32H,5-6,11-12,15-16H2,(H2,26,33). The number of aromatic hydroxyl groups is 1. The fraction of sp³-hybridized carbons (Fsp3) is 0.280. The summed E-state index contributed by atoms with van der Waals surface area (Å²) < 4.78 is 2.07. The first kappa shape index (κ1) is 21.1. The van der Waals surface area contributed by atoms with Crippen LogP contribution in [-0.2, 0) is 13.1 Å². The normalized spacial score (nSPS) is 15.2. The van der Waals surface area contributed by atoms with Crippen molar-refractivity contribution in [3.63, 3.8) is 0 Å². The van der Waals surface area contributed by atoms with E-state index in [2.05, 4.69) is 36.6 Å². The first-order chi connectivity index (χ1) is 16.1. The zero-order valence-corrected chi connectivity index (χ0v) is 18.3. The van der Waals surface area contributed by atoms with Gasteiger partial charge in [-0.3, -0.25) is 9.69 Å². The first-order valence-electron chi connectivity index (χ1n) is 11.1. The van der Waals surface area contributed by atoms with Crippen LogP contribution in [0.5, 0.6) is 5.75 Å². The van der Waals surface area contributed by atoms with Crippen molar-refractivity contribution in [1.29, 1.82) is 0 Å². The molecule has 1 amide bonds. The Hall–Kier alpha value is -3.78. The van der Waals surface area contributed by atoms with Crippen LogP contribution < -0.4 is 5.73 Å². The molecule has 0 atom stereocenters. The highest BCUT2D eigenvalue weighted by atomic mass is 16.3. The van der Waals surface area contributed by atoms with Gasteiger partial charge in [-0.1, -0.05) is 6.07 Å². The Balaban J connectivity index is 1.31. The summed E-state index contributed by atoms with van der Waals surface area (Å²) in [5.74, 6) is 0.615. The summed E-state index contributed by atoms with van der Waals surface area (Å²) in [6.45, 7) is 3.36. The van der Waals surface area contributed by atoms with Gasteiger partial charge < -0.3 is 15.4 Å². The van der Waals surface area contributed by atoms with Gasteiger partial charge in [0.1, 0.15) is 17.2 Å². The number of benzene rings is 1. The number of carbonyl (C=O) groups excluding carboxylic acids is 1. The maximum absolute atomic E-state index is 11.4. The third-order valence-corrected chi connectivity index (χ3v) is 6.39. The van der Waals surface area contributed by atoms with Crippen molar-refractivity contribution in [3.05, 3.63) is 83.7 Å². The SMILES string of the molecule is NC(=O)c1ccc(Cn2ccc3c(C4CCN(Cc5ncccn5)CC4)ccnc32)cc1O. The predicted molar refractivity (Wildman–Crippen MR) is 125 cm³/mol. The Morgan fingerprint density at radius 1 is 1.03 bits per heavy atom. The van der Waals surface area contributed by atoms with Crippen LogP contribution in [0, 0.1) is 0 Å². The van der Waals surface area contributed by atoms with Crippen LogP contribution in [0.2, 0.25) is 0 Å². The minimum atomic E-state index is -0.640. The largest absolute Gasteiger partial charge is 0.507 e. The first-order valence-corrected chi connectivity index (χ1v) is 11.1. The van der Waals surface area contributed by atoms with E-state index >= 15 is 0 Å². The van der Waals surface area contributed by atoms with Crippen molar-refractivity contribution in [2.24, 2.45) is 5.73 Å². The molecule has 0 radical (unpaired) electrons. The molecule has 1 fully saturated rings. The van der Waals surface area contributed by atoms with Crippen LogP contribution >= 0.6 is 0 Å². The van der Waals surface area contributed by atoms with Crippen molar-refractivity contribution in [3.8, 4) is 5.75 Å². The second-order valence-corrected chi connectivity index (χ2v) is 8.51. The fourth-order valence-corrected chi connectivity index (χ4v) is 4.69.